The average molecular weight is 411 g/mol. The summed E-state index contributed by atoms with van der Waals surface area (Å²) in [7, 11) is 0. The standard InChI is InChI=1S/C21H18N2O3S2/c1-14-6-8-15(9-7-14)21-22-16(12-28-21)11-26-20(25)10-23-17-4-2-3-5-18(17)27-13-19(23)24/h2-9,12H,10-11,13H2,1H3. The summed E-state index contributed by atoms with van der Waals surface area (Å²) in [5, 5.41) is 2.78. The molecule has 4 rings (SSSR count). The number of thioether (sulfide) groups is 1. The molecule has 1 aromatic heterocycles. The van der Waals surface area contributed by atoms with E-state index in [-0.39, 0.29) is 19.1 Å². The van der Waals surface area contributed by atoms with E-state index in [0.29, 0.717) is 11.4 Å². The zero-order valence-electron chi connectivity index (χ0n) is 15.3. The van der Waals surface area contributed by atoms with Gasteiger partial charge in [-0.25, -0.2) is 4.98 Å². The molecule has 0 bridgehead atoms. The fraction of sp³-hybridized carbons (Fsp3) is 0.190. The molecule has 5 nitrogen and oxygen atoms in total. The molecule has 0 radical (unpaired) electrons. The molecule has 1 amide bonds. The first-order valence-electron chi connectivity index (χ1n) is 8.79. The van der Waals surface area contributed by atoms with Crippen LogP contribution in [0, 0.1) is 6.92 Å². The maximum absolute atomic E-state index is 12.3. The highest BCUT2D eigenvalue weighted by Crippen LogP contribution is 2.34. The molecule has 0 fully saturated rings. The van der Waals surface area contributed by atoms with Crippen LogP contribution in [0.25, 0.3) is 10.6 Å². The summed E-state index contributed by atoms with van der Waals surface area (Å²) in [6.45, 7) is 2.05. The summed E-state index contributed by atoms with van der Waals surface area (Å²) in [5.74, 6) is -0.202. The lowest BCUT2D eigenvalue weighted by Crippen LogP contribution is -2.39. The summed E-state index contributed by atoms with van der Waals surface area (Å²) >= 11 is 3.00. The van der Waals surface area contributed by atoms with Crippen molar-refractivity contribution in [3.8, 4) is 10.6 Å². The molecule has 7 heteroatoms. The van der Waals surface area contributed by atoms with Gasteiger partial charge in [-0.15, -0.1) is 23.1 Å². The fourth-order valence-electron chi connectivity index (χ4n) is 2.86. The van der Waals surface area contributed by atoms with Crippen LogP contribution in [0.15, 0.2) is 58.8 Å². The molecule has 0 atom stereocenters. The van der Waals surface area contributed by atoms with Crippen molar-refractivity contribution in [3.63, 3.8) is 0 Å². The molecule has 0 saturated carbocycles. The molecule has 1 aliphatic heterocycles. The van der Waals surface area contributed by atoms with Gasteiger partial charge in [0.05, 0.1) is 17.1 Å². The molecule has 1 aliphatic rings. The number of benzene rings is 2. The number of thiazole rings is 1. The number of anilines is 1. The predicted molar refractivity (Wildman–Crippen MR) is 112 cm³/mol. The van der Waals surface area contributed by atoms with Crippen LogP contribution >= 0.6 is 23.1 Å². The molecular formula is C21H18N2O3S2. The van der Waals surface area contributed by atoms with Crippen LogP contribution in [0.3, 0.4) is 0 Å². The minimum absolute atomic E-state index is 0.0871. The number of carbonyl (C=O) groups excluding carboxylic acids is 2. The van der Waals surface area contributed by atoms with Crippen LogP contribution < -0.4 is 4.90 Å². The van der Waals surface area contributed by atoms with Gasteiger partial charge in [0.25, 0.3) is 0 Å². The Bertz CT molecular complexity index is 1010. The highest BCUT2D eigenvalue weighted by Gasteiger charge is 2.26. The van der Waals surface area contributed by atoms with E-state index in [4.69, 9.17) is 4.74 Å². The predicted octanol–water partition coefficient (Wildman–Crippen LogP) is 4.30. The van der Waals surface area contributed by atoms with Crippen LogP contribution in [0.4, 0.5) is 5.69 Å². The highest BCUT2D eigenvalue weighted by molar-refractivity contribution is 8.00. The molecule has 0 unspecified atom stereocenters. The van der Waals surface area contributed by atoms with E-state index >= 15 is 0 Å². The number of esters is 1. The third-order valence-corrected chi connectivity index (χ3v) is 6.31. The van der Waals surface area contributed by atoms with Gasteiger partial charge in [0, 0.05) is 15.8 Å². The van der Waals surface area contributed by atoms with Crippen molar-refractivity contribution >= 4 is 40.7 Å². The van der Waals surface area contributed by atoms with Gasteiger partial charge in [-0.1, -0.05) is 42.0 Å². The Hall–Kier alpha value is -2.64. The van der Waals surface area contributed by atoms with E-state index in [1.807, 2.05) is 60.8 Å². The molecule has 3 aromatic rings. The molecule has 2 aromatic carbocycles. The zero-order chi connectivity index (χ0) is 19.5. The number of hydrogen-bond acceptors (Lipinski definition) is 6. The lowest BCUT2D eigenvalue weighted by Gasteiger charge is -2.27. The molecule has 28 heavy (non-hydrogen) atoms. The lowest BCUT2D eigenvalue weighted by molar-refractivity contribution is -0.144. The second-order valence-corrected chi connectivity index (χ2v) is 8.28. The third kappa shape index (κ3) is 4.10. The fourth-order valence-corrected chi connectivity index (χ4v) is 4.60. The molecule has 0 saturated heterocycles. The Labute approximate surface area is 171 Å². The van der Waals surface area contributed by atoms with Crippen molar-refractivity contribution in [1.29, 1.82) is 0 Å². The summed E-state index contributed by atoms with van der Waals surface area (Å²) in [6, 6.07) is 15.7. The minimum atomic E-state index is -0.445. The van der Waals surface area contributed by atoms with E-state index in [0.717, 1.165) is 21.2 Å². The maximum Gasteiger partial charge on any atom is 0.326 e. The molecule has 2 heterocycles. The number of aryl methyl sites for hydroxylation is 1. The third-order valence-electron chi connectivity index (χ3n) is 4.33. The zero-order valence-corrected chi connectivity index (χ0v) is 16.9. The molecule has 0 aliphatic carbocycles. The summed E-state index contributed by atoms with van der Waals surface area (Å²) < 4.78 is 5.37. The van der Waals surface area contributed by atoms with E-state index in [9.17, 15) is 9.59 Å². The number of nitrogens with zero attached hydrogens (tertiary/aromatic N) is 2. The molecule has 0 spiro atoms. The number of hydrogen-bond donors (Lipinski definition) is 0. The Balaban J connectivity index is 1.38. The van der Waals surface area contributed by atoms with E-state index in [1.54, 1.807) is 0 Å². The van der Waals surface area contributed by atoms with Crippen molar-refractivity contribution in [2.24, 2.45) is 0 Å². The Kier molecular flexibility index (Phi) is 5.45. The highest BCUT2D eigenvalue weighted by atomic mass is 32.2. The number of aromatic nitrogens is 1. The number of para-hydroxylation sites is 1. The van der Waals surface area contributed by atoms with E-state index < -0.39 is 5.97 Å². The number of ether oxygens (including phenoxy) is 1. The second-order valence-electron chi connectivity index (χ2n) is 6.41. The van der Waals surface area contributed by atoms with Gasteiger partial charge in [0.15, 0.2) is 0 Å². The summed E-state index contributed by atoms with van der Waals surface area (Å²) in [6.07, 6.45) is 0. The van der Waals surface area contributed by atoms with Crippen molar-refractivity contribution in [2.75, 3.05) is 17.2 Å². The monoisotopic (exact) mass is 410 g/mol. The molecular weight excluding hydrogens is 392 g/mol. The lowest BCUT2D eigenvalue weighted by atomic mass is 10.2. The molecule has 0 N–H and O–H groups in total. The Morgan fingerprint density at radius 2 is 1.96 bits per heavy atom. The largest absolute Gasteiger partial charge is 0.458 e. The van der Waals surface area contributed by atoms with Gasteiger partial charge in [0.1, 0.15) is 18.2 Å². The van der Waals surface area contributed by atoms with Crippen LogP contribution in [0.2, 0.25) is 0 Å². The van der Waals surface area contributed by atoms with Gasteiger partial charge in [-0.05, 0) is 19.1 Å². The summed E-state index contributed by atoms with van der Waals surface area (Å²) in [5.41, 5.74) is 3.70. The smallest absolute Gasteiger partial charge is 0.326 e. The first-order valence-corrected chi connectivity index (χ1v) is 10.7. The van der Waals surface area contributed by atoms with Crippen LogP contribution in [0.5, 0.6) is 0 Å². The number of carbonyl (C=O) groups is 2. The minimum Gasteiger partial charge on any atom is -0.458 e. The Morgan fingerprint density at radius 3 is 2.79 bits per heavy atom. The van der Waals surface area contributed by atoms with E-state index in [1.165, 1.54) is 33.6 Å². The number of fused-ring (bicyclic) bond motifs is 1. The van der Waals surface area contributed by atoms with Crippen molar-refractivity contribution < 1.29 is 14.3 Å². The summed E-state index contributed by atoms with van der Waals surface area (Å²) in [4.78, 5) is 31.6. The van der Waals surface area contributed by atoms with Crippen molar-refractivity contribution in [3.05, 3.63) is 65.2 Å². The first kappa shape index (κ1) is 18.7. The first-order chi connectivity index (χ1) is 13.6. The van der Waals surface area contributed by atoms with Crippen LogP contribution in [-0.2, 0) is 20.9 Å². The topological polar surface area (TPSA) is 59.5 Å². The normalized spacial score (nSPS) is 13.3. The van der Waals surface area contributed by atoms with Crippen molar-refractivity contribution in [2.45, 2.75) is 18.4 Å². The maximum atomic E-state index is 12.3. The van der Waals surface area contributed by atoms with Crippen LogP contribution in [-0.4, -0.2) is 29.2 Å². The second kappa shape index (κ2) is 8.16. The van der Waals surface area contributed by atoms with Gasteiger partial charge < -0.3 is 4.74 Å². The Morgan fingerprint density at radius 1 is 1.18 bits per heavy atom. The number of rotatable bonds is 5. The number of amides is 1. The quantitative estimate of drug-likeness (QED) is 0.587. The van der Waals surface area contributed by atoms with Gasteiger partial charge in [-0.3, -0.25) is 14.5 Å². The van der Waals surface area contributed by atoms with Gasteiger partial charge in [-0.2, -0.15) is 0 Å². The molecule has 142 valence electrons. The SMILES string of the molecule is Cc1ccc(-c2nc(COC(=O)CN3C(=O)CSc4ccccc43)cs2)cc1. The van der Waals surface area contributed by atoms with E-state index in [2.05, 4.69) is 4.98 Å². The average Bonchev–Trinajstić information content (AvgIpc) is 3.18. The van der Waals surface area contributed by atoms with Gasteiger partial charge >= 0.3 is 5.97 Å². The van der Waals surface area contributed by atoms with Gasteiger partial charge in [0.2, 0.25) is 5.91 Å². The van der Waals surface area contributed by atoms with Crippen molar-refractivity contribution in [1.82, 2.24) is 4.98 Å². The van der Waals surface area contributed by atoms with Crippen LogP contribution in [0.1, 0.15) is 11.3 Å².